The summed E-state index contributed by atoms with van der Waals surface area (Å²) >= 11 is 0. The van der Waals surface area contributed by atoms with Crippen LogP contribution in [0.25, 0.3) is 0 Å². The fourth-order valence-corrected chi connectivity index (χ4v) is 2.49. The molecule has 0 unspecified atom stereocenters. The zero-order chi connectivity index (χ0) is 19.9. The highest BCUT2D eigenvalue weighted by Crippen LogP contribution is 2.30. The van der Waals surface area contributed by atoms with E-state index in [2.05, 4.69) is 31.1 Å². The highest BCUT2D eigenvalue weighted by molar-refractivity contribution is 5.89. The lowest BCUT2D eigenvalue weighted by Gasteiger charge is -2.11. The van der Waals surface area contributed by atoms with Gasteiger partial charge in [-0.1, -0.05) is 6.07 Å². The van der Waals surface area contributed by atoms with Crippen LogP contribution in [0.4, 0.5) is 28.8 Å². The maximum absolute atomic E-state index is 11.2. The number of ether oxygens (including phenoxy) is 2. The van der Waals surface area contributed by atoms with Crippen LogP contribution in [-0.2, 0) is 4.79 Å². The Morgan fingerprint density at radius 3 is 2.43 bits per heavy atom. The maximum atomic E-state index is 11.2. The van der Waals surface area contributed by atoms with Crippen LogP contribution in [0.5, 0.6) is 11.5 Å². The summed E-state index contributed by atoms with van der Waals surface area (Å²) in [4.78, 5) is 15.6. The fraction of sp³-hybridized carbons (Fsp3) is 0.158. The molecule has 0 bridgehead atoms. The molecule has 144 valence electrons. The fourth-order valence-electron chi connectivity index (χ4n) is 2.49. The van der Waals surface area contributed by atoms with Crippen LogP contribution in [-0.4, -0.2) is 35.3 Å². The molecule has 9 nitrogen and oxygen atoms in total. The lowest BCUT2D eigenvalue weighted by Crippen LogP contribution is -2.06. The van der Waals surface area contributed by atoms with Crippen LogP contribution < -0.4 is 25.4 Å². The molecular weight excluding hydrogens is 360 g/mol. The standard InChI is InChI=1S/C19H20N6O3/c1-12(26)21-13-5-4-6-14(9-13)22-18-11-20-25-19(24-18)23-15-7-8-16(27-2)17(10-15)28-3/h4-11H,1-3H3,(H,21,26)(H2,22,23,24,25). The molecular formula is C19H20N6O3. The number of benzene rings is 2. The third-order valence-corrected chi connectivity index (χ3v) is 3.65. The highest BCUT2D eigenvalue weighted by atomic mass is 16.5. The maximum Gasteiger partial charge on any atom is 0.249 e. The van der Waals surface area contributed by atoms with E-state index < -0.39 is 0 Å². The van der Waals surface area contributed by atoms with Crippen LogP contribution in [0.15, 0.2) is 48.7 Å². The van der Waals surface area contributed by atoms with Gasteiger partial charge in [-0.05, 0) is 30.3 Å². The first-order chi connectivity index (χ1) is 13.6. The minimum absolute atomic E-state index is 0.137. The monoisotopic (exact) mass is 380 g/mol. The van der Waals surface area contributed by atoms with Crippen molar-refractivity contribution in [3.05, 3.63) is 48.7 Å². The third kappa shape index (κ3) is 4.85. The molecule has 9 heteroatoms. The molecule has 0 aliphatic rings. The molecule has 28 heavy (non-hydrogen) atoms. The second-order valence-corrected chi connectivity index (χ2v) is 5.75. The Morgan fingerprint density at radius 2 is 1.68 bits per heavy atom. The van der Waals surface area contributed by atoms with Crippen LogP contribution >= 0.6 is 0 Å². The summed E-state index contributed by atoms with van der Waals surface area (Å²) in [5, 5.41) is 16.9. The number of nitrogens with zero attached hydrogens (tertiary/aromatic N) is 3. The van der Waals surface area contributed by atoms with Crippen molar-refractivity contribution in [1.29, 1.82) is 0 Å². The molecule has 0 radical (unpaired) electrons. The number of amides is 1. The van der Waals surface area contributed by atoms with E-state index in [-0.39, 0.29) is 5.91 Å². The molecule has 0 aliphatic carbocycles. The summed E-state index contributed by atoms with van der Waals surface area (Å²) in [6, 6.07) is 12.7. The lowest BCUT2D eigenvalue weighted by molar-refractivity contribution is -0.114. The van der Waals surface area contributed by atoms with Crippen LogP contribution in [0.3, 0.4) is 0 Å². The van der Waals surface area contributed by atoms with Gasteiger partial charge in [0.25, 0.3) is 0 Å². The molecule has 0 fully saturated rings. The molecule has 0 spiro atoms. The number of nitrogens with one attached hydrogen (secondary N) is 3. The Hall–Kier alpha value is -3.88. The van der Waals surface area contributed by atoms with Crippen LogP contribution in [0, 0.1) is 0 Å². The van der Waals surface area contributed by atoms with E-state index >= 15 is 0 Å². The van der Waals surface area contributed by atoms with Gasteiger partial charge in [0.2, 0.25) is 11.9 Å². The minimum Gasteiger partial charge on any atom is -0.493 e. The van der Waals surface area contributed by atoms with Gasteiger partial charge in [0.15, 0.2) is 17.3 Å². The minimum atomic E-state index is -0.137. The Morgan fingerprint density at radius 1 is 0.929 bits per heavy atom. The van der Waals surface area contributed by atoms with E-state index in [1.54, 1.807) is 38.5 Å². The molecule has 0 saturated heterocycles. The highest BCUT2D eigenvalue weighted by Gasteiger charge is 2.07. The molecule has 3 aromatic rings. The zero-order valence-corrected chi connectivity index (χ0v) is 15.7. The van der Waals surface area contributed by atoms with E-state index in [1.807, 2.05) is 18.2 Å². The zero-order valence-electron chi connectivity index (χ0n) is 15.7. The van der Waals surface area contributed by atoms with Crippen molar-refractivity contribution in [2.24, 2.45) is 0 Å². The molecule has 0 saturated carbocycles. The normalized spacial score (nSPS) is 10.1. The van der Waals surface area contributed by atoms with Crippen molar-refractivity contribution in [2.45, 2.75) is 6.92 Å². The van der Waals surface area contributed by atoms with Crippen molar-refractivity contribution in [3.8, 4) is 11.5 Å². The Balaban J connectivity index is 1.75. The average molecular weight is 380 g/mol. The summed E-state index contributed by atoms with van der Waals surface area (Å²) in [5.74, 6) is 1.89. The smallest absolute Gasteiger partial charge is 0.249 e. The summed E-state index contributed by atoms with van der Waals surface area (Å²) in [7, 11) is 3.15. The van der Waals surface area contributed by atoms with E-state index in [4.69, 9.17) is 9.47 Å². The Labute approximate surface area is 162 Å². The first-order valence-electron chi connectivity index (χ1n) is 8.41. The van der Waals surface area contributed by atoms with Gasteiger partial charge in [-0.15, -0.1) is 5.10 Å². The van der Waals surface area contributed by atoms with Crippen molar-refractivity contribution < 1.29 is 14.3 Å². The number of rotatable bonds is 7. The van der Waals surface area contributed by atoms with Crippen molar-refractivity contribution in [1.82, 2.24) is 15.2 Å². The van der Waals surface area contributed by atoms with Gasteiger partial charge in [-0.2, -0.15) is 10.1 Å². The number of hydrogen-bond donors (Lipinski definition) is 3. The SMILES string of the molecule is COc1ccc(Nc2nncc(Nc3cccc(NC(C)=O)c3)n2)cc1OC. The van der Waals surface area contributed by atoms with Gasteiger partial charge in [-0.25, -0.2) is 0 Å². The number of carbonyl (C=O) groups is 1. The summed E-state index contributed by atoms with van der Waals surface area (Å²) in [6.07, 6.45) is 1.50. The van der Waals surface area contributed by atoms with Gasteiger partial charge in [-0.3, -0.25) is 4.79 Å². The average Bonchev–Trinajstić information content (AvgIpc) is 2.68. The summed E-state index contributed by atoms with van der Waals surface area (Å²) in [6.45, 7) is 1.46. The quantitative estimate of drug-likeness (QED) is 0.572. The first-order valence-corrected chi connectivity index (χ1v) is 8.41. The second kappa shape index (κ2) is 8.67. The molecule has 1 amide bonds. The van der Waals surface area contributed by atoms with Crippen LogP contribution in [0.1, 0.15) is 6.92 Å². The Kier molecular flexibility index (Phi) is 5.85. The van der Waals surface area contributed by atoms with Crippen LogP contribution in [0.2, 0.25) is 0 Å². The number of hydrogen-bond acceptors (Lipinski definition) is 8. The van der Waals surface area contributed by atoms with Gasteiger partial charge in [0, 0.05) is 30.1 Å². The van der Waals surface area contributed by atoms with Crippen molar-refractivity contribution in [2.75, 3.05) is 30.2 Å². The van der Waals surface area contributed by atoms with E-state index in [0.29, 0.717) is 29.0 Å². The van der Waals surface area contributed by atoms with Gasteiger partial charge >= 0.3 is 0 Å². The molecule has 3 rings (SSSR count). The van der Waals surface area contributed by atoms with E-state index in [0.717, 1.165) is 11.4 Å². The first kappa shape index (κ1) is 18.9. The number of aromatic nitrogens is 3. The molecule has 3 N–H and O–H groups in total. The summed E-state index contributed by atoms with van der Waals surface area (Å²) in [5.41, 5.74) is 2.16. The van der Waals surface area contributed by atoms with Crippen molar-refractivity contribution >= 4 is 34.7 Å². The molecule has 0 atom stereocenters. The Bertz CT molecular complexity index is 979. The number of anilines is 5. The summed E-state index contributed by atoms with van der Waals surface area (Å²) < 4.78 is 10.5. The van der Waals surface area contributed by atoms with E-state index in [9.17, 15) is 4.79 Å². The van der Waals surface area contributed by atoms with E-state index in [1.165, 1.54) is 13.1 Å². The van der Waals surface area contributed by atoms with Crippen molar-refractivity contribution in [3.63, 3.8) is 0 Å². The van der Waals surface area contributed by atoms with Gasteiger partial charge in [0.05, 0.1) is 20.4 Å². The predicted octanol–water partition coefficient (Wildman–Crippen LogP) is 3.33. The second-order valence-electron chi connectivity index (χ2n) is 5.75. The van der Waals surface area contributed by atoms with Gasteiger partial charge in [0.1, 0.15) is 0 Å². The third-order valence-electron chi connectivity index (χ3n) is 3.65. The number of methoxy groups -OCH3 is 2. The topological polar surface area (TPSA) is 110 Å². The number of carbonyl (C=O) groups excluding carboxylic acids is 1. The predicted molar refractivity (Wildman–Crippen MR) is 107 cm³/mol. The lowest BCUT2D eigenvalue weighted by atomic mass is 10.2. The molecule has 2 aromatic carbocycles. The molecule has 1 aromatic heterocycles. The van der Waals surface area contributed by atoms with Gasteiger partial charge < -0.3 is 25.4 Å². The molecule has 0 aliphatic heterocycles. The largest absolute Gasteiger partial charge is 0.493 e. The molecule has 1 heterocycles.